The van der Waals surface area contributed by atoms with Crippen LogP contribution < -0.4 is 0 Å². The van der Waals surface area contributed by atoms with Gasteiger partial charge in [-0.2, -0.15) is 0 Å². The lowest BCUT2D eigenvalue weighted by molar-refractivity contribution is -0.136. The Morgan fingerprint density at radius 1 is 1.50 bits per heavy atom. The second kappa shape index (κ2) is 7.46. The first-order valence-electron chi connectivity index (χ1n) is 4.78. The summed E-state index contributed by atoms with van der Waals surface area (Å²) in [7, 11) is 0. The van der Waals surface area contributed by atoms with Crippen molar-refractivity contribution in [1.82, 2.24) is 0 Å². The van der Waals surface area contributed by atoms with E-state index >= 15 is 0 Å². The summed E-state index contributed by atoms with van der Waals surface area (Å²) < 4.78 is 1.13. The minimum absolute atomic E-state index is 0.174. The highest BCUT2D eigenvalue weighted by Crippen LogP contribution is 2.30. The van der Waals surface area contributed by atoms with Crippen LogP contribution in [-0.2, 0) is 4.79 Å². The average Bonchev–Trinajstić information content (AvgIpc) is 2.60. The molecule has 0 saturated carbocycles. The van der Waals surface area contributed by atoms with E-state index in [0.29, 0.717) is 0 Å². The van der Waals surface area contributed by atoms with Crippen molar-refractivity contribution in [2.75, 3.05) is 6.26 Å². The van der Waals surface area contributed by atoms with Crippen molar-refractivity contribution in [2.24, 2.45) is 0 Å². The van der Waals surface area contributed by atoms with Crippen LogP contribution in [0.3, 0.4) is 0 Å². The Hall–Kier alpha value is -0.810. The molecule has 3 nitrogen and oxygen atoms in total. The molecule has 1 heterocycles. The zero-order valence-corrected chi connectivity index (χ0v) is 11.5. The number of Topliss-reactive ketones (excluding diaryl/α,β-unsaturated/α-hetero) is 1. The Morgan fingerprint density at radius 2 is 2.00 bits per heavy atom. The maximum atomic E-state index is 11.1. The quantitative estimate of drug-likeness (QED) is 0.668. The van der Waals surface area contributed by atoms with E-state index in [9.17, 15) is 9.59 Å². The van der Waals surface area contributed by atoms with E-state index in [-0.39, 0.29) is 12.2 Å². The van der Waals surface area contributed by atoms with Crippen LogP contribution in [0.2, 0.25) is 0 Å². The average molecular weight is 260 g/mol. The third-order valence-corrected chi connectivity index (χ3v) is 4.03. The molecule has 1 aromatic rings. The lowest BCUT2D eigenvalue weighted by Crippen LogP contribution is -1.92. The molecule has 0 aliphatic carbocycles. The number of hydrogen-bond donors (Lipinski definition) is 1. The minimum atomic E-state index is -0.745. The van der Waals surface area contributed by atoms with Gasteiger partial charge in [0.2, 0.25) is 0 Å². The molecule has 0 radical (unpaired) electrons. The molecular formula is C11H16O3S2. The summed E-state index contributed by atoms with van der Waals surface area (Å²) in [6, 6.07) is 0. The number of rotatable bonds is 3. The number of carboxylic acid groups (broad SMARTS) is 1. The zero-order valence-electron chi connectivity index (χ0n) is 9.86. The van der Waals surface area contributed by atoms with Gasteiger partial charge in [-0.3, -0.25) is 9.59 Å². The molecule has 0 aliphatic heterocycles. The van der Waals surface area contributed by atoms with Gasteiger partial charge in [-0.1, -0.05) is 6.92 Å². The highest BCUT2D eigenvalue weighted by molar-refractivity contribution is 8.00. The summed E-state index contributed by atoms with van der Waals surface area (Å²) in [5, 5.41) is 9.75. The molecule has 1 aromatic heterocycles. The van der Waals surface area contributed by atoms with E-state index < -0.39 is 5.97 Å². The van der Waals surface area contributed by atoms with E-state index in [2.05, 4.69) is 0 Å². The molecule has 5 heteroatoms. The van der Waals surface area contributed by atoms with Gasteiger partial charge in [0.25, 0.3) is 0 Å². The number of carbonyl (C=O) groups excluding carboxylic acids is 1. The van der Waals surface area contributed by atoms with Crippen molar-refractivity contribution in [1.29, 1.82) is 0 Å². The van der Waals surface area contributed by atoms with Crippen molar-refractivity contribution in [3.63, 3.8) is 0 Å². The number of carbonyl (C=O) groups is 2. The SMILES string of the molecule is CCC(=O)O.CSc1scc(C)c1C(C)=O. The normalized spacial score (nSPS) is 9.25. The Morgan fingerprint density at radius 3 is 2.25 bits per heavy atom. The van der Waals surface area contributed by atoms with Crippen molar-refractivity contribution in [2.45, 2.75) is 31.4 Å². The summed E-state index contributed by atoms with van der Waals surface area (Å²) in [6.07, 6.45) is 2.22. The summed E-state index contributed by atoms with van der Waals surface area (Å²) >= 11 is 3.29. The molecule has 0 unspecified atom stereocenters. The number of ketones is 1. The van der Waals surface area contributed by atoms with Crippen LogP contribution in [0.4, 0.5) is 0 Å². The predicted molar refractivity (Wildman–Crippen MR) is 68.8 cm³/mol. The van der Waals surface area contributed by atoms with Crippen LogP contribution in [0, 0.1) is 6.92 Å². The number of carboxylic acids is 1. The highest BCUT2D eigenvalue weighted by atomic mass is 32.2. The fourth-order valence-corrected chi connectivity index (χ4v) is 2.85. The third-order valence-electron chi connectivity index (χ3n) is 1.78. The summed E-state index contributed by atoms with van der Waals surface area (Å²) in [5.41, 5.74) is 2.01. The van der Waals surface area contributed by atoms with E-state index in [0.717, 1.165) is 15.3 Å². The minimum Gasteiger partial charge on any atom is -0.481 e. The molecule has 0 atom stereocenters. The second-order valence-corrected chi connectivity index (χ2v) is 5.04. The molecule has 0 fully saturated rings. The third kappa shape index (κ3) is 4.81. The molecule has 1 N–H and O–H groups in total. The van der Waals surface area contributed by atoms with Crippen molar-refractivity contribution in [3.8, 4) is 0 Å². The number of hydrogen-bond acceptors (Lipinski definition) is 4. The van der Waals surface area contributed by atoms with Crippen LogP contribution in [0.15, 0.2) is 9.59 Å². The Labute approximate surface area is 104 Å². The van der Waals surface area contributed by atoms with E-state index in [4.69, 9.17) is 5.11 Å². The van der Waals surface area contributed by atoms with Gasteiger partial charge in [-0.05, 0) is 31.0 Å². The van der Waals surface area contributed by atoms with Crippen LogP contribution in [0.25, 0.3) is 0 Å². The van der Waals surface area contributed by atoms with Crippen LogP contribution in [-0.4, -0.2) is 23.1 Å². The maximum Gasteiger partial charge on any atom is 0.303 e. The molecule has 90 valence electrons. The van der Waals surface area contributed by atoms with Crippen molar-refractivity contribution < 1.29 is 14.7 Å². The fraction of sp³-hybridized carbons (Fsp3) is 0.455. The Bertz CT molecular complexity index is 369. The first-order chi connectivity index (χ1) is 7.43. The van der Waals surface area contributed by atoms with E-state index in [1.807, 2.05) is 18.6 Å². The van der Waals surface area contributed by atoms with E-state index in [1.165, 1.54) is 0 Å². The zero-order chi connectivity index (χ0) is 12.7. The molecule has 16 heavy (non-hydrogen) atoms. The molecule has 0 aromatic carbocycles. The van der Waals surface area contributed by atoms with Gasteiger partial charge in [0.1, 0.15) is 0 Å². The van der Waals surface area contributed by atoms with Crippen molar-refractivity contribution in [3.05, 3.63) is 16.5 Å². The predicted octanol–water partition coefficient (Wildman–Crippen LogP) is 3.46. The molecule has 1 rings (SSSR count). The standard InChI is InChI=1S/C8H10OS2.C3H6O2/c1-5-4-11-8(10-3)7(5)6(2)9;1-2-3(4)5/h4H,1-3H3;2H2,1H3,(H,4,5). The smallest absolute Gasteiger partial charge is 0.303 e. The lowest BCUT2D eigenvalue weighted by Gasteiger charge is -1.95. The Balaban J connectivity index is 0.000000385. The summed E-state index contributed by atoms with van der Waals surface area (Å²) in [5.74, 6) is -0.571. The molecule has 0 spiro atoms. The monoisotopic (exact) mass is 260 g/mol. The van der Waals surface area contributed by atoms with Gasteiger partial charge in [-0.25, -0.2) is 0 Å². The number of aryl methyl sites for hydroxylation is 1. The Kier molecular flexibility index (Phi) is 7.08. The fourth-order valence-electron chi connectivity index (χ4n) is 0.992. The van der Waals surface area contributed by atoms with Gasteiger partial charge >= 0.3 is 5.97 Å². The maximum absolute atomic E-state index is 11.1. The second-order valence-electron chi connectivity index (χ2n) is 3.09. The topological polar surface area (TPSA) is 54.4 Å². The first kappa shape index (κ1) is 15.2. The highest BCUT2D eigenvalue weighted by Gasteiger charge is 2.11. The van der Waals surface area contributed by atoms with E-state index in [1.54, 1.807) is 36.9 Å². The van der Waals surface area contributed by atoms with Gasteiger partial charge in [-0.15, -0.1) is 23.1 Å². The molecule has 0 aliphatic rings. The molecule has 0 amide bonds. The largest absolute Gasteiger partial charge is 0.481 e. The number of thioether (sulfide) groups is 1. The molecule has 0 saturated heterocycles. The lowest BCUT2D eigenvalue weighted by atomic mass is 10.1. The van der Waals surface area contributed by atoms with Gasteiger partial charge in [0.05, 0.1) is 4.21 Å². The summed E-state index contributed by atoms with van der Waals surface area (Å²) in [4.78, 5) is 20.5. The first-order valence-corrected chi connectivity index (χ1v) is 6.89. The van der Waals surface area contributed by atoms with Crippen molar-refractivity contribution >= 4 is 34.9 Å². The van der Waals surface area contributed by atoms with Gasteiger partial charge in [0.15, 0.2) is 5.78 Å². The number of thiophene rings is 1. The van der Waals surface area contributed by atoms with Crippen LogP contribution in [0.5, 0.6) is 0 Å². The van der Waals surface area contributed by atoms with Gasteiger partial charge in [0, 0.05) is 12.0 Å². The number of aliphatic carboxylic acids is 1. The molecule has 0 bridgehead atoms. The van der Waals surface area contributed by atoms with Crippen LogP contribution in [0.1, 0.15) is 36.2 Å². The van der Waals surface area contributed by atoms with Gasteiger partial charge < -0.3 is 5.11 Å². The van der Waals surface area contributed by atoms with Crippen LogP contribution >= 0.6 is 23.1 Å². The molecular weight excluding hydrogens is 244 g/mol. The summed E-state index contributed by atoms with van der Waals surface area (Å²) in [6.45, 7) is 5.20.